The van der Waals surface area contributed by atoms with Crippen molar-refractivity contribution < 1.29 is 9.47 Å². The third-order valence-corrected chi connectivity index (χ3v) is 4.86. The summed E-state index contributed by atoms with van der Waals surface area (Å²) in [6.45, 7) is 1.21. The van der Waals surface area contributed by atoms with Crippen molar-refractivity contribution in [1.82, 2.24) is 5.32 Å². The van der Waals surface area contributed by atoms with Crippen LogP contribution in [0.2, 0.25) is 0 Å². The van der Waals surface area contributed by atoms with Gasteiger partial charge in [0.25, 0.3) is 0 Å². The van der Waals surface area contributed by atoms with E-state index in [4.69, 9.17) is 9.47 Å². The third-order valence-electron chi connectivity index (χ3n) is 3.91. The summed E-state index contributed by atoms with van der Waals surface area (Å²) in [5.74, 6) is 2.52. The molecule has 1 aromatic carbocycles. The van der Waals surface area contributed by atoms with Crippen molar-refractivity contribution in [3.8, 4) is 11.5 Å². The summed E-state index contributed by atoms with van der Waals surface area (Å²) in [7, 11) is 0. The summed E-state index contributed by atoms with van der Waals surface area (Å²) in [6, 6.07) is 11.1. The lowest BCUT2D eigenvalue weighted by atomic mass is 10.1. The van der Waals surface area contributed by atoms with Gasteiger partial charge in [-0.15, -0.1) is 11.3 Å². The second kappa shape index (κ2) is 5.11. The van der Waals surface area contributed by atoms with Gasteiger partial charge in [0.05, 0.1) is 0 Å². The predicted molar refractivity (Wildman–Crippen MR) is 79.2 cm³/mol. The normalized spacial score (nSPS) is 18.2. The molecule has 2 aliphatic rings. The summed E-state index contributed by atoms with van der Waals surface area (Å²) in [5, 5.41) is 5.87. The van der Waals surface area contributed by atoms with Crippen LogP contribution in [0, 0.1) is 5.92 Å². The molecule has 3 nitrogen and oxygen atoms in total. The van der Waals surface area contributed by atoms with Crippen molar-refractivity contribution in [3.63, 3.8) is 0 Å². The molecule has 0 spiro atoms. The van der Waals surface area contributed by atoms with Crippen molar-refractivity contribution in [2.24, 2.45) is 5.92 Å². The van der Waals surface area contributed by atoms with Gasteiger partial charge in [0.1, 0.15) is 0 Å². The Balaban J connectivity index is 1.46. The van der Waals surface area contributed by atoms with Crippen LogP contribution in [-0.2, 0) is 6.54 Å². The first-order valence-corrected chi connectivity index (χ1v) is 7.93. The lowest BCUT2D eigenvalue weighted by Gasteiger charge is -2.17. The van der Waals surface area contributed by atoms with E-state index in [1.54, 1.807) is 0 Å². The molecular formula is C16H17NO2S. The van der Waals surface area contributed by atoms with Crippen molar-refractivity contribution in [2.75, 3.05) is 6.79 Å². The highest BCUT2D eigenvalue weighted by Gasteiger charge is 2.32. The van der Waals surface area contributed by atoms with Crippen LogP contribution in [0.1, 0.15) is 29.3 Å². The van der Waals surface area contributed by atoms with E-state index in [0.29, 0.717) is 12.8 Å². The maximum absolute atomic E-state index is 5.43. The highest BCUT2D eigenvalue weighted by atomic mass is 32.1. The molecule has 1 atom stereocenters. The Kier molecular flexibility index (Phi) is 3.13. The Morgan fingerprint density at radius 3 is 2.90 bits per heavy atom. The van der Waals surface area contributed by atoms with Crippen LogP contribution in [0.3, 0.4) is 0 Å². The van der Waals surface area contributed by atoms with Crippen LogP contribution in [-0.4, -0.2) is 6.79 Å². The average molecular weight is 287 g/mol. The number of nitrogens with one attached hydrogen (secondary N) is 1. The van der Waals surface area contributed by atoms with E-state index in [0.717, 1.165) is 24.0 Å². The van der Waals surface area contributed by atoms with E-state index in [9.17, 15) is 0 Å². The molecule has 0 saturated heterocycles. The van der Waals surface area contributed by atoms with E-state index in [1.807, 2.05) is 17.4 Å². The molecule has 4 rings (SSSR count). The fourth-order valence-corrected chi connectivity index (χ4v) is 3.57. The quantitative estimate of drug-likeness (QED) is 0.909. The first-order chi connectivity index (χ1) is 9.90. The minimum absolute atomic E-state index is 0.339. The van der Waals surface area contributed by atoms with Gasteiger partial charge in [0.15, 0.2) is 11.5 Å². The number of fused-ring (bicyclic) bond motifs is 1. The molecular weight excluding hydrogens is 270 g/mol. The smallest absolute Gasteiger partial charge is 0.231 e. The Labute approximate surface area is 122 Å². The minimum Gasteiger partial charge on any atom is -0.454 e. The van der Waals surface area contributed by atoms with E-state index in [-0.39, 0.29) is 0 Å². The molecule has 4 heteroatoms. The van der Waals surface area contributed by atoms with Gasteiger partial charge in [-0.05, 0) is 47.9 Å². The SMILES string of the molecule is c1csc(C(NCc2ccc3c(c2)OCO3)C2CC2)c1. The number of benzene rings is 1. The zero-order chi connectivity index (χ0) is 13.4. The maximum atomic E-state index is 5.43. The van der Waals surface area contributed by atoms with Crippen LogP contribution >= 0.6 is 11.3 Å². The molecule has 1 aliphatic heterocycles. The van der Waals surface area contributed by atoms with Gasteiger partial charge in [0.2, 0.25) is 6.79 Å². The van der Waals surface area contributed by atoms with Crippen LogP contribution in [0.15, 0.2) is 35.7 Å². The fraction of sp³-hybridized carbons (Fsp3) is 0.375. The molecule has 20 heavy (non-hydrogen) atoms. The van der Waals surface area contributed by atoms with Crippen molar-refractivity contribution >= 4 is 11.3 Å². The largest absolute Gasteiger partial charge is 0.454 e. The fourth-order valence-electron chi connectivity index (χ4n) is 2.68. The van der Waals surface area contributed by atoms with Crippen molar-refractivity contribution in [2.45, 2.75) is 25.4 Å². The molecule has 0 bridgehead atoms. The van der Waals surface area contributed by atoms with Crippen molar-refractivity contribution in [3.05, 3.63) is 46.2 Å². The number of ether oxygens (including phenoxy) is 2. The highest BCUT2D eigenvalue weighted by Crippen LogP contribution is 2.42. The van der Waals surface area contributed by atoms with Gasteiger partial charge in [-0.1, -0.05) is 12.1 Å². The molecule has 0 radical (unpaired) electrons. The molecule has 1 unspecified atom stereocenters. The standard InChI is InChI=1S/C16H17NO2S/c1-2-15(20-7-1)16(12-4-5-12)17-9-11-3-6-13-14(8-11)19-10-18-13/h1-3,6-8,12,16-17H,4-5,9-10H2. The van der Waals surface area contributed by atoms with Crippen molar-refractivity contribution in [1.29, 1.82) is 0 Å². The van der Waals surface area contributed by atoms with E-state index >= 15 is 0 Å². The average Bonchev–Trinajstić information content (AvgIpc) is 2.99. The van der Waals surface area contributed by atoms with Crippen LogP contribution in [0.5, 0.6) is 11.5 Å². The van der Waals surface area contributed by atoms with Crippen LogP contribution < -0.4 is 14.8 Å². The number of rotatable bonds is 5. The number of hydrogen-bond acceptors (Lipinski definition) is 4. The van der Waals surface area contributed by atoms with Gasteiger partial charge in [-0.25, -0.2) is 0 Å². The second-order valence-electron chi connectivity index (χ2n) is 5.40. The molecule has 1 aromatic heterocycles. The summed E-state index contributed by atoms with van der Waals surface area (Å²) < 4.78 is 10.8. The van der Waals surface area contributed by atoms with Crippen LogP contribution in [0.4, 0.5) is 0 Å². The Hall–Kier alpha value is -1.52. The molecule has 1 aliphatic carbocycles. The van der Waals surface area contributed by atoms with Gasteiger partial charge >= 0.3 is 0 Å². The predicted octanol–water partition coefficient (Wildman–Crippen LogP) is 3.72. The minimum atomic E-state index is 0.339. The monoisotopic (exact) mass is 287 g/mol. The Bertz CT molecular complexity index is 593. The van der Waals surface area contributed by atoms with E-state index < -0.39 is 0 Å². The molecule has 2 heterocycles. The lowest BCUT2D eigenvalue weighted by molar-refractivity contribution is 0.174. The number of thiophene rings is 1. The first-order valence-electron chi connectivity index (χ1n) is 7.05. The van der Waals surface area contributed by atoms with Gasteiger partial charge in [-0.3, -0.25) is 0 Å². The second-order valence-corrected chi connectivity index (χ2v) is 6.38. The Morgan fingerprint density at radius 1 is 1.20 bits per heavy atom. The zero-order valence-electron chi connectivity index (χ0n) is 11.2. The molecule has 1 saturated carbocycles. The van der Waals surface area contributed by atoms with E-state index in [1.165, 1.54) is 23.3 Å². The van der Waals surface area contributed by atoms with Gasteiger partial charge in [-0.2, -0.15) is 0 Å². The molecule has 104 valence electrons. The van der Waals surface area contributed by atoms with Gasteiger partial charge < -0.3 is 14.8 Å². The summed E-state index contributed by atoms with van der Waals surface area (Å²) in [6.07, 6.45) is 2.69. The maximum Gasteiger partial charge on any atom is 0.231 e. The molecule has 0 amide bonds. The lowest BCUT2D eigenvalue weighted by Crippen LogP contribution is -2.21. The molecule has 1 N–H and O–H groups in total. The Morgan fingerprint density at radius 2 is 2.10 bits per heavy atom. The first kappa shape index (κ1) is 12.2. The van der Waals surface area contributed by atoms with Gasteiger partial charge in [0, 0.05) is 17.5 Å². The zero-order valence-corrected chi connectivity index (χ0v) is 12.0. The highest BCUT2D eigenvalue weighted by molar-refractivity contribution is 7.10. The molecule has 2 aromatic rings. The summed E-state index contributed by atoms with van der Waals surface area (Å²) in [4.78, 5) is 1.45. The third kappa shape index (κ3) is 2.41. The van der Waals surface area contributed by atoms with Crippen LogP contribution in [0.25, 0.3) is 0 Å². The topological polar surface area (TPSA) is 30.5 Å². The summed E-state index contributed by atoms with van der Waals surface area (Å²) >= 11 is 1.85. The molecule has 1 fully saturated rings. The van der Waals surface area contributed by atoms with E-state index in [2.05, 4.69) is 35.0 Å². The summed E-state index contributed by atoms with van der Waals surface area (Å²) in [5.41, 5.74) is 1.25. The number of hydrogen-bond donors (Lipinski definition) is 1.